The Hall–Kier alpha value is -0.160. The lowest BCUT2D eigenvalue weighted by molar-refractivity contribution is -0.150. The maximum atomic E-state index is 9.48. The van der Waals surface area contributed by atoms with E-state index in [1.807, 2.05) is 0 Å². The molecule has 0 unspecified atom stereocenters. The number of aliphatic hydroxyl groups excluding tert-OH is 1. The number of aliphatic hydroxyl groups is 1. The van der Waals surface area contributed by atoms with E-state index in [1.54, 1.807) is 0 Å². The van der Waals surface area contributed by atoms with Crippen LogP contribution in [-0.2, 0) is 4.74 Å². The lowest BCUT2D eigenvalue weighted by Crippen LogP contribution is -2.57. The van der Waals surface area contributed by atoms with E-state index in [0.29, 0.717) is 5.41 Å². The minimum atomic E-state index is 0.0353. The highest BCUT2D eigenvalue weighted by Crippen LogP contribution is 2.28. The molecule has 0 aliphatic carbocycles. The minimum absolute atomic E-state index is 0.0353. The van der Waals surface area contributed by atoms with Gasteiger partial charge >= 0.3 is 0 Å². The fourth-order valence-corrected chi connectivity index (χ4v) is 2.76. The SMILES string of the molecule is CC(C)(C)CCN1CCN(CC2(CO)COC2)CC1. The lowest BCUT2D eigenvalue weighted by Gasteiger charge is -2.45. The summed E-state index contributed by atoms with van der Waals surface area (Å²) in [6.07, 6.45) is 1.27. The van der Waals surface area contributed by atoms with Crippen LogP contribution in [0, 0.1) is 10.8 Å². The molecule has 0 bridgehead atoms. The van der Waals surface area contributed by atoms with Gasteiger partial charge in [0.15, 0.2) is 0 Å². The molecule has 2 fully saturated rings. The van der Waals surface area contributed by atoms with Gasteiger partial charge in [0, 0.05) is 32.7 Å². The van der Waals surface area contributed by atoms with Gasteiger partial charge in [0.05, 0.1) is 25.2 Å². The van der Waals surface area contributed by atoms with Gasteiger partial charge in [-0.15, -0.1) is 0 Å². The standard InChI is InChI=1S/C15H30N2O2/c1-14(2,3)4-5-16-6-8-17(9-7-16)10-15(11-18)12-19-13-15/h18H,4-13H2,1-3H3. The third-order valence-corrected chi connectivity index (χ3v) is 4.35. The summed E-state index contributed by atoms with van der Waals surface area (Å²) in [5.41, 5.74) is 0.467. The van der Waals surface area contributed by atoms with Crippen molar-refractivity contribution in [2.45, 2.75) is 27.2 Å². The highest BCUT2D eigenvalue weighted by molar-refractivity contribution is 4.89. The normalized spacial score (nSPS) is 25.3. The smallest absolute Gasteiger partial charge is 0.0579 e. The van der Waals surface area contributed by atoms with Gasteiger partial charge in [-0.2, -0.15) is 0 Å². The zero-order valence-corrected chi connectivity index (χ0v) is 12.8. The zero-order chi connectivity index (χ0) is 13.9. The Morgan fingerprint density at radius 3 is 2.05 bits per heavy atom. The van der Waals surface area contributed by atoms with Crippen molar-refractivity contribution in [1.82, 2.24) is 9.80 Å². The first-order valence-corrected chi connectivity index (χ1v) is 7.56. The van der Waals surface area contributed by atoms with Crippen molar-refractivity contribution in [3.8, 4) is 0 Å². The summed E-state index contributed by atoms with van der Waals surface area (Å²) in [6.45, 7) is 15.5. The van der Waals surface area contributed by atoms with E-state index < -0.39 is 0 Å². The first kappa shape index (κ1) is 15.2. The molecule has 0 saturated carbocycles. The third kappa shape index (κ3) is 4.42. The Bertz CT molecular complexity index is 271. The molecule has 4 heteroatoms. The van der Waals surface area contributed by atoms with E-state index >= 15 is 0 Å². The number of hydrogen-bond acceptors (Lipinski definition) is 4. The van der Waals surface area contributed by atoms with Gasteiger partial charge in [-0.1, -0.05) is 20.8 Å². The van der Waals surface area contributed by atoms with Crippen LogP contribution in [0.1, 0.15) is 27.2 Å². The van der Waals surface area contributed by atoms with Crippen molar-refractivity contribution in [1.29, 1.82) is 0 Å². The fourth-order valence-electron chi connectivity index (χ4n) is 2.76. The monoisotopic (exact) mass is 270 g/mol. The Balaban J connectivity index is 1.68. The number of nitrogens with zero attached hydrogens (tertiary/aromatic N) is 2. The van der Waals surface area contributed by atoms with Gasteiger partial charge in [0.25, 0.3) is 0 Å². The maximum Gasteiger partial charge on any atom is 0.0579 e. The minimum Gasteiger partial charge on any atom is -0.396 e. The first-order chi connectivity index (χ1) is 8.92. The van der Waals surface area contributed by atoms with Gasteiger partial charge in [0.2, 0.25) is 0 Å². The van der Waals surface area contributed by atoms with Crippen LogP contribution in [0.2, 0.25) is 0 Å². The van der Waals surface area contributed by atoms with Crippen LogP contribution >= 0.6 is 0 Å². The topological polar surface area (TPSA) is 35.9 Å². The predicted octanol–water partition coefficient (Wildman–Crippen LogP) is 1.05. The molecule has 2 saturated heterocycles. The summed E-state index contributed by atoms with van der Waals surface area (Å²) in [4.78, 5) is 5.07. The van der Waals surface area contributed by atoms with E-state index in [2.05, 4.69) is 30.6 Å². The second-order valence-corrected chi connectivity index (χ2v) is 7.58. The van der Waals surface area contributed by atoms with E-state index in [-0.39, 0.29) is 12.0 Å². The second-order valence-electron chi connectivity index (χ2n) is 7.58. The molecule has 19 heavy (non-hydrogen) atoms. The molecule has 2 aliphatic rings. The third-order valence-electron chi connectivity index (χ3n) is 4.35. The van der Waals surface area contributed by atoms with Crippen molar-refractivity contribution in [3.63, 3.8) is 0 Å². The molecule has 0 spiro atoms. The predicted molar refractivity (Wildman–Crippen MR) is 77.3 cm³/mol. The van der Waals surface area contributed by atoms with Crippen LogP contribution in [0.15, 0.2) is 0 Å². The van der Waals surface area contributed by atoms with Crippen molar-refractivity contribution in [3.05, 3.63) is 0 Å². The summed E-state index contributed by atoms with van der Waals surface area (Å²) in [5, 5.41) is 9.48. The molecule has 112 valence electrons. The summed E-state index contributed by atoms with van der Waals surface area (Å²) in [5.74, 6) is 0. The van der Waals surface area contributed by atoms with Crippen molar-refractivity contribution in [2.24, 2.45) is 10.8 Å². The number of hydrogen-bond donors (Lipinski definition) is 1. The molecule has 0 aromatic heterocycles. The highest BCUT2D eigenvalue weighted by Gasteiger charge is 2.40. The lowest BCUT2D eigenvalue weighted by atomic mass is 9.86. The summed E-state index contributed by atoms with van der Waals surface area (Å²) >= 11 is 0. The average molecular weight is 270 g/mol. The molecule has 0 aromatic rings. The molecule has 0 radical (unpaired) electrons. The van der Waals surface area contributed by atoms with Gasteiger partial charge in [-0.05, 0) is 18.4 Å². The summed E-state index contributed by atoms with van der Waals surface area (Å²) in [7, 11) is 0. The molecule has 1 N–H and O–H groups in total. The molecule has 0 atom stereocenters. The number of rotatable bonds is 5. The Morgan fingerprint density at radius 2 is 1.63 bits per heavy atom. The summed E-state index contributed by atoms with van der Waals surface area (Å²) in [6, 6.07) is 0. The largest absolute Gasteiger partial charge is 0.396 e. The molecule has 0 amide bonds. The van der Waals surface area contributed by atoms with E-state index in [4.69, 9.17) is 4.74 Å². The van der Waals surface area contributed by atoms with Crippen LogP contribution in [0.5, 0.6) is 0 Å². The number of ether oxygens (including phenoxy) is 1. The van der Waals surface area contributed by atoms with Crippen LogP contribution in [0.4, 0.5) is 0 Å². The fraction of sp³-hybridized carbons (Fsp3) is 1.00. The Labute approximate surface area is 117 Å². The van der Waals surface area contributed by atoms with Crippen LogP contribution in [-0.4, -0.2) is 74.0 Å². The van der Waals surface area contributed by atoms with Crippen molar-refractivity contribution >= 4 is 0 Å². The summed E-state index contributed by atoms with van der Waals surface area (Å²) < 4.78 is 5.27. The van der Waals surface area contributed by atoms with Crippen LogP contribution in [0.3, 0.4) is 0 Å². The molecule has 2 aliphatic heterocycles. The van der Waals surface area contributed by atoms with Gasteiger partial charge in [-0.25, -0.2) is 0 Å². The second kappa shape index (κ2) is 6.08. The zero-order valence-electron chi connectivity index (χ0n) is 12.8. The molecular formula is C15H30N2O2. The Kier molecular flexibility index (Phi) is 4.88. The maximum absolute atomic E-state index is 9.48. The van der Waals surface area contributed by atoms with Gasteiger partial charge < -0.3 is 14.7 Å². The molecule has 0 aromatic carbocycles. The van der Waals surface area contributed by atoms with E-state index in [1.165, 1.54) is 26.1 Å². The quantitative estimate of drug-likeness (QED) is 0.810. The van der Waals surface area contributed by atoms with E-state index in [9.17, 15) is 5.11 Å². The van der Waals surface area contributed by atoms with Gasteiger partial charge in [-0.3, -0.25) is 4.90 Å². The molecule has 2 rings (SSSR count). The van der Waals surface area contributed by atoms with Crippen LogP contribution < -0.4 is 0 Å². The van der Waals surface area contributed by atoms with Crippen molar-refractivity contribution in [2.75, 3.05) is 59.1 Å². The molecular weight excluding hydrogens is 240 g/mol. The first-order valence-electron chi connectivity index (χ1n) is 7.56. The van der Waals surface area contributed by atoms with Crippen molar-refractivity contribution < 1.29 is 9.84 Å². The van der Waals surface area contributed by atoms with Crippen LogP contribution in [0.25, 0.3) is 0 Å². The van der Waals surface area contributed by atoms with Gasteiger partial charge in [0.1, 0.15) is 0 Å². The number of piperazine rings is 1. The Morgan fingerprint density at radius 1 is 1.05 bits per heavy atom. The highest BCUT2D eigenvalue weighted by atomic mass is 16.5. The molecule has 2 heterocycles. The molecule has 4 nitrogen and oxygen atoms in total. The average Bonchev–Trinajstić information content (AvgIpc) is 2.32. The van der Waals surface area contributed by atoms with E-state index in [0.717, 1.165) is 32.8 Å².